The van der Waals surface area contributed by atoms with E-state index in [4.69, 9.17) is 18.5 Å². The lowest BCUT2D eigenvalue weighted by atomic mass is 10.0. The lowest BCUT2D eigenvalue weighted by Crippen LogP contribution is -2.37. The van der Waals surface area contributed by atoms with Crippen LogP contribution in [0.5, 0.6) is 0 Å². The van der Waals surface area contributed by atoms with Gasteiger partial charge >= 0.3 is 11.9 Å². The van der Waals surface area contributed by atoms with Gasteiger partial charge in [0.05, 0.1) is 27.7 Å². The lowest BCUT2D eigenvalue weighted by molar-refractivity contribution is -0.870. The number of esters is 2. The maximum absolute atomic E-state index is 12.9. The van der Waals surface area contributed by atoms with Crippen molar-refractivity contribution in [3.63, 3.8) is 0 Å². The molecule has 0 aliphatic heterocycles. The summed E-state index contributed by atoms with van der Waals surface area (Å²) < 4.78 is 34.4. The van der Waals surface area contributed by atoms with Crippen molar-refractivity contribution in [3.8, 4) is 0 Å². The summed E-state index contributed by atoms with van der Waals surface area (Å²) >= 11 is 0. The first-order valence-electron chi connectivity index (χ1n) is 37.9. The van der Waals surface area contributed by atoms with E-state index in [0.29, 0.717) is 17.4 Å². The molecule has 0 heterocycles. The monoisotopic (exact) mass is 1280 g/mol. The number of allylic oxidation sites excluding steroid dienone is 16. The summed E-state index contributed by atoms with van der Waals surface area (Å²) in [5, 5.41) is 0. The molecule has 0 saturated carbocycles. The van der Waals surface area contributed by atoms with Gasteiger partial charge in [0.1, 0.15) is 19.8 Å². The maximum atomic E-state index is 12.9. The van der Waals surface area contributed by atoms with E-state index in [-0.39, 0.29) is 32.0 Å². The fourth-order valence-corrected chi connectivity index (χ4v) is 11.6. The summed E-state index contributed by atoms with van der Waals surface area (Å²) in [6.07, 6.45) is 97.9. The Labute approximate surface area is 557 Å². The second kappa shape index (κ2) is 70.3. The number of hydrogen-bond acceptors (Lipinski definition) is 8. The highest BCUT2D eigenvalue weighted by molar-refractivity contribution is 7.45. The van der Waals surface area contributed by atoms with Crippen LogP contribution in [-0.4, -0.2) is 70.0 Å². The van der Waals surface area contributed by atoms with Crippen LogP contribution in [0.15, 0.2) is 97.2 Å². The highest BCUT2D eigenvalue weighted by Crippen LogP contribution is 2.38. The average Bonchev–Trinajstić information content (AvgIpc) is 3.61. The number of rotatable bonds is 70. The minimum Gasteiger partial charge on any atom is -0.756 e. The van der Waals surface area contributed by atoms with Crippen LogP contribution in [0.1, 0.15) is 348 Å². The van der Waals surface area contributed by atoms with Crippen molar-refractivity contribution < 1.29 is 42.1 Å². The first-order chi connectivity index (χ1) is 44.0. The van der Waals surface area contributed by atoms with Gasteiger partial charge in [0.2, 0.25) is 0 Å². The molecule has 0 aromatic rings. The number of likely N-dealkylation sites (N-methyl/N-ethyl adjacent to an activating group) is 1. The molecule has 0 radical (unpaired) electrons. The Kier molecular flexibility index (Phi) is 67.9. The highest BCUT2D eigenvalue weighted by atomic mass is 31.2. The first-order valence-corrected chi connectivity index (χ1v) is 39.4. The predicted octanol–water partition coefficient (Wildman–Crippen LogP) is 24.4. The molecule has 9 nitrogen and oxygen atoms in total. The quantitative estimate of drug-likeness (QED) is 0.0195. The maximum Gasteiger partial charge on any atom is 0.306 e. The molecule has 0 bridgehead atoms. The minimum absolute atomic E-state index is 0.0337. The second-order valence-electron chi connectivity index (χ2n) is 26.6. The van der Waals surface area contributed by atoms with Gasteiger partial charge in [-0.05, 0) is 77.0 Å². The zero-order valence-electron chi connectivity index (χ0n) is 59.6. The summed E-state index contributed by atoms with van der Waals surface area (Å²) in [6.45, 7) is 4.17. The number of phosphoric ester groups is 1. The van der Waals surface area contributed by atoms with Gasteiger partial charge in [0.15, 0.2) is 6.10 Å². The van der Waals surface area contributed by atoms with Crippen molar-refractivity contribution >= 4 is 19.8 Å². The molecule has 0 rings (SSSR count). The summed E-state index contributed by atoms with van der Waals surface area (Å²) in [7, 11) is 1.17. The molecule has 0 aliphatic rings. The van der Waals surface area contributed by atoms with Crippen molar-refractivity contribution in [2.45, 2.75) is 354 Å². The number of ether oxygens (including phenoxy) is 2. The summed E-state index contributed by atoms with van der Waals surface area (Å²) in [5.41, 5.74) is 0. The van der Waals surface area contributed by atoms with E-state index in [1.165, 1.54) is 218 Å². The third kappa shape index (κ3) is 74.0. The number of carbonyl (C=O) groups is 2. The summed E-state index contributed by atoms with van der Waals surface area (Å²) in [5.74, 6) is -0.827. The van der Waals surface area contributed by atoms with E-state index in [9.17, 15) is 19.0 Å². The van der Waals surface area contributed by atoms with Gasteiger partial charge in [-0.1, -0.05) is 355 Å². The molecule has 0 aliphatic carbocycles. The van der Waals surface area contributed by atoms with Crippen LogP contribution in [-0.2, 0) is 32.7 Å². The Morgan fingerprint density at radius 3 is 0.944 bits per heavy atom. The van der Waals surface area contributed by atoms with Gasteiger partial charge in [0, 0.05) is 12.8 Å². The fourth-order valence-electron chi connectivity index (χ4n) is 10.9. The van der Waals surface area contributed by atoms with Crippen molar-refractivity contribution in [3.05, 3.63) is 97.2 Å². The Bertz CT molecular complexity index is 1840. The standard InChI is InChI=1S/C80H144NO8P/c1-6-8-10-12-14-16-18-20-22-24-26-28-30-32-34-36-38-39-40-41-43-45-47-49-51-53-55-57-59-61-63-65-67-69-71-73-80(83)89-78(77-88-90(84,85)87-75-74-81(3,4)5)76-86-79(82)72-70-68-66-64-62-60-58-56-54-52-50-48-46-44-42-37-35-33-31-29-27-25-23-21-19-17-15-13-11-9-7-2/h8,10,14,16,20,22,26,28,32,34,38-39,41,43,47,49,78H,6-7,9,11-13,15,17-19,21,23-25,27,29-31,33,35-37,40,42,44-46,48,50-77H2,1-5H3/b10-8-,16-14-,22-20-,28-26-,34-32-,39-38-,43-41-,49-47-. The Hall–Kier alpha value is -3.07. The van der Waals surface area contributed by atoms with Crippen LogP contribution < -0.4 is 4.89 Å². The van der Waals surface area contributed by atoms with Crippen LogP contribution in [0, 0.1) is 0 Å². The highest BCUT2D eigenvalue weighted by Gasteiger charge is 2.22. The Balaban J connectivity index is 4.02. The molecule has 0 aromatic carbocycles. The Morgan fingerprint density at radius 1 is 0.356 bits per heavy atom. The fraction of sp³-hybridized carbons (Fsp3) is 0.775. The molecule has 522 valence electrons. The molecule has 0 fully saturated rings. The van der Waals surface area contributed by atoms with Crippen molar-refractivity contribution in [2.24, 2.45) is 0 Å². The number of phosphoric acid groups is 1. The molecule has 0 aromatic heterocycles. The molecular formula is C80H144NO8P. The van der Waals surface area contributed by atoms with Gasteiger partial charge in [-0.25, -0.2) is 0 Å². The molecule has 0 saturated heterocycles. The smallest absolute Gasteiger partial charge is 0.306 e. The van der Waals surface area contributed by atoms with Gasteiger partial charge in [-0.3, -0.25) is 14.2 Å². The number of unbranched alkanes of at least 4 members (excludes halogenated alkanes) is 40. The number of hydrogen-bond donors (Lipinski definition) is 0. The molecule has 2 atom stereocenters. The topological polar surface area (TPSA) is 111 Å². The molecule has 10 heteroatoms. The van der Waals surface area contributed by atoms with Crippen molar-refractivity contribution in [1.29, 1.82) is 0 Å². The summed E-state index contributed by atoms with van der Waals surface area (Å²) in [6, 6.07) is 0. The van der Waals surface area contributed by atoms with E-state index in [0.717, 1.165) is 96.3 Å². The third-order valence-corrected chi connectivity index (χ3v) is 17.6. The van der Waals surface area contributed by atoms with Crippen LogP contribution in [0.3, 0.4) is 0 Å². The van der Waals surface area contributed by atoms with Crippen LogP contribution >= 0.6 is 7.82 Å². The van der Waals surface area contributed by atoms with Gasteiger partial charge < -0.3 is 27.9 Å². The zero-order valence-corrected chi connectivity index (χ0v) is 60.5. The first kappa shape index (κ1) is 86.9. The SMILES string of the molecule is CC/C=C\C/C=C\C/C=C\C/C=C\C/C=C\C/C=C\C/C=C\C/C=C\CCCCCCCCCCCCC(=O)OC(COC(=O)CCCCCCCCCCCCCCCCCCCCCCCCCCCCCCCCC)COP(=O)([O-])OCC[N+](C)(C)C. The molecule has 2 unspecified atom stereocenters. The van der Waals surface area contributed by atoms with E-state index >= 15 is 0 Å². The minimum atomic E-state index is -4.65. The van der Waals surface area contributed by atoms with Gasteiger partial charge in [-0.15, -0.1) is 0 Å². The Morgan fingerprint density at radius 2 is 0.633 bits per heavy atom. The zero-order chi connectivity index (χ0) is 65.5. The van der Waals surface area contributed by atoms with Crippen LogP contribution in [0.25, 0.3) is 0 Å². The lowest BCUT2D eigenvalue weighted by Gasteiger charge is -2.28. The second-order valence-corrected chi connectivity index (χ2v) is 28.1. The van der Waals surface area contributed by atoms with Crippen LogP contribution in [0.2, 0.25) is 0 Å². The molecule has 0 amide bonds. The molecule has 0 N–H and O–H groups in total. The van der Waals surface area contributed by atoms with E-state index < -0.39 is 26.5 Å². The number of quaternary nitrogens is 1. The van der Waals surface area contributed by atoms with Crippen molar-refractivity contribution in [2.75, 3.05) is 47.5 Å². The predicted molar refractivity (Wildman–Crippen MR) is 388 cm³/mol. The molecule has 90 heavy (non-hydrogen) atoms. The molecular weight excluding hydrogens is 1130 g/mol. The third-order valence-electron chi connectivity index (χ3n) is 16.6. The number of nitrogens with zero attached hydrogens (tertiary/aromatic N) is 1. The largest absolute Gasteiger partial charge is 0.756 e. The van der Waals surface area contributed by atoms with E-state index in [1.54, 1.807) is 0 Å². The normalized spacial score (nSPS) is 13.6. The van der Waals surface area contributed by atoms with Crippen LogP contribution in [0.4, 0.5) is 0 Å². The van der Waals surface area contributed by atoms with E-state index in [2.05, 4.69) is 111 Å². The molecule has 0 spiro atoms. The average molecular weight is 1280 g/mol. The number of carbonyl (C=O) groups excluding carboxylic acids is 2. The van der Waals surface area contributed by atoms with E-state index in [1.807, 2.05) is 21.1 Å². The summed E-state index contributed by atoms with van der Waals surface area (Å²) in [4.78, 5) is 38.1. The van der Waals surface area contributed by atoms with Gasteiger partial charge in [0.25, 0.3) is 7.82 Å². The van der Waals surface area contributed by atoms with Gasteiger partial charge in [-0.2, -0.15) is 0 Å². The van der Waals surface area contributed by atoms with Crippen molar-refractivity contribution in [1.82, 2.24) is 0 Å².